The van der Waals surface area contributed by atoms with Crippen molar-refractivity contribution in [3.63, 3.8) is 0 Å². The quantitative estimate of drug-likeness (QED) is 0.676. The molecule has 3 heterocycles. The number of benzene rings is 1. The van der Waals surface area contributed by atoms with E-state index in [9.17, 15) is 13.2 Å². The zero-order valence-corrected chi connectivity index (χ0v) is 20.3. The number of piperidine rings is 1. The maximum Gasteiger partial charge on any atom is 0.257 e. The Bertz CT molecular complexity index is 1020. The molecule has 0 atom stereocenters. The average molecular weight is 477 g/mol. The molecule has 7 nitrogen and oxygen atoms in total. The molecular formula is C23H32N4O3S2. The lowest BCUT2D eigenvalue weighted by Crippen LogP contribution is -2.32. The van der Waals surface area contributed by atoms with Crippen molar-refractivity contribution in [1.29, 1.82) is 0 Å². The lowest BCUT2D eigenvalue weighted by Gasteiger charge is -2.29. The lowest BCUT2D eigenvalue weighted by atomic mass is 9.99. The summed E-state index contributed by atoms with van der Waals surface area (Å²) in [6, 6.07) is 6.31. The van der Waals surface area contributed by atoms with Crippen molar-refractivity contribution in [1.82, 2.24) is 14.2 Å². The van der Waals surface area contributed by atoms with Crippen molar-refractivity contribution >= 4 is 32.4 Å². The first-order valence-electron chi connectivity index (χ1n) is 11.5. The molecule has 4 rings (SSSR count). The van der Waals surface area contributed by atoms with E-state index < -0.39 is 10.0 Å². The van der Waals surface area contributed by atoms with Crippen LogP contribution in [-0.2, 0) is 16.6 Å². The minimum atomic E-state index is -3.60. The molecule has 2 aliphatic heterocycles. The fourth-order valence-electron chi connectivity index (χ4n) is 4.28. The molecule has 0 saturated carbocycles. The highest BCUT2D eigenvalue weighted by atomic mass is 32.2. The summed E-state index contributed by atoms with van der Waals surface area (Å²) in [5, 5.41) is 5.35. The Morgan fingerprint density at radius 3 is 2.56 bits per heavy atom. The van der Waals surface area contributed by atoms with Crippen LogP contribution < -0.4 is 5.32 Å². The summed E-state index contributed by atoms with van der Waals surface area (Å²) in [5.41, 5.74) is 1.28. The van der Waals surface area contributed by atoms with Gasteiger partial charge >= 0.3 is 0 Å². The van der Waals surface area contributed by atoms with Crippen molar-refractivity contribution in [2.75, 3.05) is 31.5 Å². The van der Waals surface area contributed by atoms with Gasteiger partial charge in [0.1, 0.15) is 0 Å². The summed E-state index contributed by atoms with van der Waals surface area (Å²) >= 11 is 1.40. The number of anilines is 1. The van der Waals surface area contributed by atoms with Crippen LogP contribution in [0.4, 0.5) is 5.13 Å². The fourth-order valence-corrected chi connectivity index (χ4v) is 6.54. The molecule has 1 N–H and O–H groups in total. The Morgan fingerprint density at radius 1 is 1.12 bits per heavy atom. The van der Waals surface area contributed by atoms with Crippen LogP contribution in [0.25, 0.3) is 0 Å². The average Bonchev–Trinajstić information content (AvgIpc) is 3.04. The molecule has 0 unspecified atom stereocenters. The summed E-state index contributed by atoms with van der Waals surface area (Å²) in [6.07, 6.45) is 6.29. The second-order valence-electron chi connectivity index (χ2n) is 8.90. The molecule has 2 fully saturated rings. The van der Waals surface area contributed by atoms with Gasteiger partial charge in [0.25, 0.3) is 5.91 Å². The zero-order valence-electron chi connectivity index (χ0n) is 18.6. The molecule has 0 spiro atoms. The third kappa shape index (κ3) is 5.75. The third-order valence-corrected chi connectivity index (χ3v) is 9.03. The topological polar surface area (TPSA) is 82.6 Å². The van der Waals surface area contributed by atoms with Gasteiger partial charge in [-0.2, -0.15) is 4.31 Å². The predicted molar refractivity (Wildman–Crippen MR) is 127 cm³/mol. The van der Waals surface area contributed by atoms with Gasteiger partial charge in [-0.1, -0.05) is 25.8 Å². The van der Waals surface area contributed by atoms with Crippen LogP contribution in [-0.4, -0.2) is 54.7 Å². The number of likely N-dealkylation sites (tertiary alicyclic amines) is 1. The van der Waals surface area contributed by atoms with Gasteiger partial charge in [-0.25, -0.2) is 13.4 Å². The SMILES string of the molecule is CC1CCN(Cc2csc(NC(=O)c3cccc(S(=O)(=O)N4CCCCCC4)c3)n2)CC1. The number of hydrogen-bond donors (Lipinski definition) is 1. The highest BCUT2D eigenvalue weighted by Crippen LogP contribution is 2.23. The van der Waals surface area contributed by atoms with E-state index in [-0.39, 0.29) is 10.8 Å². The predicted octanol–water partition coefficient (Wildman–Crippen LogP) is 4.19. The third-order valence-electron chi connectivity index (χ3n) is 6.33. The van der Waals surface area contributed by atoms with E-state index in [1.165, 1.54) is 30.2 Å². The molecule has 1 aromatic heterocycles. The summed E-state index contributed by atoms with van der Waals surface area (Å²) in [4.78, 5) is 19.9. The Kier molecular flexibility index (Phi) is 7.60. The highest BCUT2D eigenvalue weighted by Gasteiger charge is 2.26. The molecule has 0 aliphatic carbocycles. The molecule has 1 amide bonds. The lowest BCUT2D eigenvalue weighted by molar-refractivity contribution is 0.102. The summed E-state index contributed by atoms with van der Waals surface area (Å²) in [7, 11) is -3.60. The Morgan fingerprint density at radius 2 is 1.84 bits per heavy atom. The molecule has 0 bridgehead atoms. The van der Waals surface area contributed by atoms with E-state index in [1.54, 1.807) is 22.5 Å². The van der Waals surface area contributed by atoms with Crippen molar-refractivity contribution in [3.05, 3.63) is 40.9 Å². The number of hydrogen-bond acceptors (Lipinski definition) is 6. The van der Waals surface area contributed by atoms with E-state index in [4.69, 9.17) is 0 Å². The molecule has 2 aromatic rings. The van der Waals surface area contributed by atoms with Crippen molar-refractivity contribution in [3.8, 4) is 0 Å². The van der Waals surface area contributed by atoms with E-state index in [2.05, 4.69) is 22.1 Å². The van der Waals surface area contributed by atoms with Crippen LogP contribution in [0.5, 0.6) is 0 Å². The van der Waals surface area contributed by atoms with Gasteiger partial charge in [0, 0.05) is 30.6 Å². The number of aromatic nitrogens is 1. The number of thiazole rings is 1. The van der Waals surface area contributed by atoms with Crippen molar-refractivity contribution < 1.29 is 13.2 Å². The smallest absolute Gasteiger partial charge is 0.257 e. The number of nitrogens with one attached hydrogen (secondary N) is 1. The van der Waals surface area contributed by atoms with Crippen LogP contribution >= 0.6 is 11.3 Å². The van der Waals surface area contributed by atoms with E-state index in [0.29, 0.717) is 23.8 Å². The summed E-state index contributed by atoms with van der Waals surface area (Å²) in [6.45, 7) is 6.33. The van der Waals surface area contributed by atoms with Gasteiger partial charge in [-0.3, -0.25) is 15.0 Å². The highest BCUT2D eigenvalue weighted by molar-refractivity contribution is 7.89. The van der Waals surface area contributed by atoms with Gasteiger partial charge < -0.3 is 0 Å². The normalized spacial score (nSPS) is 19.5. The van der Waals surface area contributed by atoms with Gasteiger partial charge in [-0.05, 0) is 62.9 Å². The maximum absolute atomic E-state index is 13.1. The zero-order chi connectivity index (χ0) is 22.6. The van der Waals surface area contributed by atoms with Crippen LogP contribution in [0.2, 0.25) is 0 Å². The second-order valence-corrected chi connectivity index (χ2v) is 11.7. The monoisotopic (exact) mass is 476 g/mol. The molecule has 0 radical (unpaired) electrons. The Hall–Kier alpha value is -1.81. The maximum atomic E-state index is 13.1. The number of nitrogens with zero attached hydrogens (tertiary/aromatic N) is 3. The summed E-state index contributed by atoms with van der Waals surface area (Å²) < 4.78 is 27.7. The van der Waals surface area contributed by atoms with Crippen molar-refractivity contribution in [2.45, 2.75) is 56.9 Å². The first-order chi connectivity index (χ1) is 15.4. The number of sulfonamides is 1. The number of carbonyl (C=O) groups is 1. The molecule has 2 saturated heterocycles. The second kappa shape index (κ2) is 10.4. The summed E-state index contributed by atoms with van der Waals surface area (Å²) in [5.74, 6) is 0.445. The largest absolute Gasteiger partial charge is 0.298 e. The van der Waals surface area contributed by atoms with Gasteiger partial charge in [0.15, 0.2) is 5.13 Å². The molecular weight excluding hydrogens is 444 g/mol. The number of carbonyl (C=O) groups excluding carboxylic acids is 1. The molecule has 2 aliphatic rings. The van der Waals surface area contributed by atoms with Crippen LogP contribution in [0, 0.1) is 5.92 Å². The molecule has 1 aromatic carbocycles. The first kappa shape index (κ1) is 23.4. The molecule has 174 valence electrons. The standard InChI is InChI=1S/C23H32N4O3S2/c1-18-9-13-26(14-10-18)16-20-17-31-23(24-20)25-22(28)19-7-6-8-21(15-19)32(29,30)27-11-4-2-3-5-12-27/h6-8,15,17-18H,2-5,9-14,16H2,1H3,(H,24,25,28). The van der Waals surface area contributed by atoms with Gasteiger partial charge in [-0.15, -0.1) is 11.3 Å². The van der Waals surface area contributed by atoms with E-state index >= 15 is 0 Å². The van der Waals surface area contributed by atoms with E-state index in [0.717, 1.165) is 56.9 Å². The molecule has 32 heavy (non-hydrogen) atoms. The molecule has 9 heteroatoms. The van der Waals surface area contributed by atoms with E-state index in [1.807, 2.05) is 5.38 Å². The van der Waals surface area contributed by atoms with Gasteiger partial charge in [0.2, 0.25) is 10.0 Å². The fraction of sp³-hybridized carbons (Fsp3) is 0.565. The van der Waals surface area contributed by atoms with Crippen LogP contribution in [0.1, 0.15) is 61.5 Å². The Labute approximate surface area is 194 Å². The minimum Gasteiger partial charge on any atom is -0.298 e. The number of rotatable bonds is 6. The number of amides is 1. The Balaban J connectivity index is 1.40. The van der Waals surface area contributed by atoms with Gasteiger partial charge in [0.05, 0.1) is 10.6 Å². The first-order valence-corrected chi connectivity index (χ1v) is 13.8. The van der Waals surface area contributed by atoms with Crippen LogP contribution in [0.3, 0.4) is 0 Å². The minimum absolute atomic E-state index is 0.172. The van der Waals surface area contributed by atoms with Crippen LogP contribution in [0.15, 0.2) is 34.5 Å². The van der Waals surface area contributed by atoms with Crippen molar-refractivity contribution in [2.24, 2.45) is 5.92 Å².